The highest BCUT2D eigenvalue weighted by atomic mass is 16.3. The van der Waals surface area contributed by atoms with Gasteiger partial charge < -0.3 is 9.67 Å². The Morgan fingerprint density at radius 1 is 1.21 bits per heavy atom. The maximum Gasteiger partial charge on any atom is 0.138 e. The van der Waals surface area contributed by atoms with Gasteiger partial charge in [-0.15, -0.1) is 0 Å². The third-order valence-electron chi connectivity index (χ3n) is 3.53. The van der Waals surface area contributed by atoms with E-state index in [2.05, 4.69) is 35.5 Å². The first-order valence-corrected chi connectivity index (χ1v) is 7.02. The van der Waals surface area contributed by atoms with Crippen LogP contribution < -0.4 is 0 Å². The van der Waals surface area contributed by atoms with Crippen molar-refractivity contribution in [1.29, 1.82) is 0 Å². The Bertz CT molecular complexity index is 492. The molecule has 0 fully saturated rings. The minimum absolute atomic E-state index is 0.0965. The molecule has 0 saturated carbocycles. The summed E-state index contributed by atoms with van der Waals surface area (Å²) in [5.41, 5.74) is 1.17. The zero-order chi connectivity index (χ0) is 13.7. The highest BCUT2D eigenvalue weighted by molar-refractivity contribution is 5.22. The summed E-state index contributed by atoms with van der Waals surface area (Å²) in [4.78, 5) is 4.34. The monoisotopic (exact) mass is 258 g/mol. The molecule has 0 saturated heterocycles. The summed E-state index contributed by atoms with van der Waals surface area (Å²) >= 11 is 0. The Balaban J connectivity index is 2.25. The number of aliphatic hydroxyl groups excluding tert-OH is 1. The summed E-state index contributed by atoms with van der Waals surface area (Å²) in [6, 6.07) is 10.2. The van der Waals surface area contributed by atoms with E-state index in [9.17, 15) is 5.11 Å². The number of aliphatic hydroxyl groups is 1. The van der Waals surface area contributed by atoms with Gasteiger partial charge in [0.2, 0.25) is 0 Å². The molecule has 102 valence electrons. The summed E-state index contributed by atoms with van der Waals surface area (Å²) in [5, 5.41) is 10.6. The van der Waals surface area contributed by atoms with Gasteiger partial charge in [0.05, 0.1) is 0 Å². The van der Waals surface area contributed by atoms with Crippen LogP contribution in [-0.4, -0.2) is 14.7 Å². The largest absolute Gasteiger partial charge is 0.385 e. The average molecular weight is 258 g/mol. The highest BCUT2D eigenvalue weighted by Crippen LogP contribution is 2.32. The molecule has 0 spiro atoms. The number of aryl methyl sites for hydroxylation is 1. The standard InChI is InChI=1S/C16H22N2O/c1-3-11-18-12-10-17-16(18)15(19)14(4-2)13-8-6-5-7-9-13/h5-10,12,14-15,19H,3-4,11H2,1-2H3. The van der Waals surface area contributed by atoms with E-state index in [0.29, 0.717) is 0 Å². The van der Waals surface area contributed by atoms with Gasteiger partial charge in [-0.05, 0) is 18.4 Å². The Morgan fingerprint density at radius 3 is 2.58 bits per heavy atom. The predicted octanol–water partition coefficient (Wildman–Crippen LogP) is 3.52. The molecule has 0 aliphatic heterocycles. The van der Waals surface area contributed by atoms with Gasteiger partial charge in [0, 0.05) is 24.9 Å². The van der Waals surface area contributed by atoms with Crippen molar-refractivity contribution in [2.75, 3.05) is 0 Å². The fourth-order valence-electron chi connectivity index (χ4n) is 2.54. The van der Waals surface area contributed by atoms with Crippen LogP contribution in [0.5, 0.6) is 0 Å². The van der Waals surface area contributed by atoms with E-state index in [1.54, 1.807) is 6.20 Å². The van der Waals surface area contributed by atoms with Gasteiger partial charge in [-0.25, -0.2) is 4.98 Å². The molecule has 0 bridgehead atoms. The quantitative estimate of drug-likeness (QED) is 0.861. The van der Waals surface area contributed by atoms with E-state index in [1.807, 2.05) is 24.4 Å². The van der Waals surface area contributed by atoms with Crippen LogP contribution in [0.4, 0.5) is 0 Å². The number of nitrogens with zero attached hydrogens (tertiary/aromatic N) is 2. The van der Waals surface area contributed by atoms with Gasteiger partial charge in [0.25, 0.3) is 0 Å². The van der Waals surface area contributed by atoms with E-state index < -0.39 is 6.10 Å². The molecule has 2 unspecified atom stereocenters. The molecule has 2 aromatic rings. The molecule has 1 aromatic carbocycles. The highest BCUT2D eigenvalue weighted by Gasteiger charge is 2.24. The molecule has 0 aliphatic rings. The lowest BCUT2D eigenvalue weighted by atomic mass is 9.90. The smallest absolute Gasteiger partial charge is 0.138 e. The molecular formula is C16H22N2O. The lowest BCUT2D eigenvalue weighted by Crippen LogP contribution is -2.15. The second-order valence-electron chi connectivity index (χ2n) is 4.85. The van der Waals surface area contributed by atoms with Gasteiger partial charge in [-0.3, -0.25) is 0 Å². The first kappa shape index (κ1) is 13.8. The average Bonchev–Trinajstić information content (AvgIpc) is 2.89. The van der Waals surface area contributed by atoms with Gasteiger partial charge in [0.1, 0.15) is 11.9 Å². The summed E-state index contributed by atoms with van der Waals surface area (Å²) in [6.07, 6.45) is 5.10. The van der Waals surface area contributed by atoms with Crippen LogP contribution >= 0.6 is 0 Å². The van der Waals surface area contributed by atoms with E-state index in [-0.39, 0.29) is 5.92 Å². The molecule has 2 rings (SSSR count). The van der Waals surface area contributed by atoms with Crippen molar-refractivity contribution in [3.05, 3.63) is 54.1 Å². The maximum absolute atomic E-state index is 10.6. The van der Waals surface area contributed by atoms with Crippen LogP contribution in [0.25, 0.3) is 0 Å². The Hall–Kier alpha value is -1.61. The van der Waals surface area contributed by atoms with Crippen molar-refractivity contribution in [2.24, 2.45) is 0 Å². The van der Waals surface area contributed by atoms with Crippen LogP contribution in [-0.2, 0) is 6.54 Å². The van der Waals surface area contributed by atoms with Gasteiger partial charge in [-0.2, -0.15) is 0 Å². The van der Waals surface area contributed by atoms with Crippen molar-refractivity contribution in [3.63, 3.8) is 0 Å². The van der Waals surface area contributed by atoms with Crippen molar-refractivity contribution >= 4 is 0 Å². The molecule has 1 N–H and O–H groups in total. The first-order valence-electron chi connectivity index (χ1n) is 7.02. The number of benzene rings is 1. The van der Waals surface area contributed by atoms with Gasteiger partial charge in [-0.1, -0.05) is 44.2 Å². The second kappa shape index (κ2) is 6.53. The SMILES string of the molecule is CCCn1ccnc1C(O)C(CC)c1ccccc1. The van der Waals surface area contributed by atoms with E-state index >= 15 is 0 Å². The molecule has 1 heterocycles. The molecule has 3 heteroatoms. The summed E-state index contributed by atoms with van der Waals surface area (Å²) in [6.45, 7) is 5.14. The Labute approximate surface area is 114 Å². The zero-order valence-corrected chi connectivity index (χ0v) is 11.7. The number of hydrogen-bond acceptors (Lipinski definition) is 2. The molecule has 0 radical (unpaired) electrons. The van der Waals surface area contributed by atoms with Crippen molar-refractivity contribution in [3.8, 4) is 0 Å². The van der Waals surface area contributed by atoms with Crippen molar-refractivity contribution < 1.29 is 5.11 Å². The number of hydrogen-bond donors (Lipinski definition) is 1. The van der Waals surface area contributed by atoms with Gasteiger partial charge >= 0.3 is 0 Å². The lowest BCUT2D eigenvalue weighted by Gasteiger charge is -2.22. The summed E-state index contributed by atoms with van der Waals surface area (Å²) in [5.74, 6) is 0.872. The van der Waals surface area contributed by atoms with Crippen LogP contribution in [0.3, 0.4) is 0 Å². The Kier molecular flexibility index (Phi) is 4.74. The molecule has 3 nitrogen and oxygen atoms in total. The molecule has 19 heavy (non-hydrogen) atoms. The van der Waals surface area contributed by atoms with Crippen molar-refractivity contribution in [2.45, 2.75) is 45.3 Å². The molecule has 2 atom stereocenters. The third-order valence-corrected chi connectivity index (χ3v) is 3.53. The second-order valence-corrected chi connectivity index (χ2v) is 4.85. The van der Waals surface area contributed by atoms with Crippen LogP contribution in [0.2, 0.25) is 0 Å². The Morgan fingerprint density at radius 2 is 1.95 bits per heavy atom. The fourth-order valence-corrected chi connectivity index (χ4v) is 2.54. The maximum atomic E-state index is 10.6. The van der Waals surface area contributed by atoms with Crippen LogP contribution in [0.15, 0.2) is 42.7 Å². The number of aromatic nitrogens is 2. The molecule has 1 aromatic heterocycles. The zero-order valence-electron chi connectivity index (χ0n) is 11.7. The van der Waals surface area contributed by atoms with Gasteiger partial charge in [0.15, 0.2) is 0 Å². The normalized spacial score (nSPS) is 14.3. The lowest BCUT2D eigenvalue weighted by molar-refractivity contribution is 0.129. The van der Waals surface area contributed by atoms with E-state index in [1.165, 1.54) is 5.56 Å². The minimum atomic E-state index is -0.547. The number of imidazole rings is 1. The van der Waals surface area contributed by atoms with Crippen LogP contribution in [0, 0.1) is 0 Å². The minimum Gasteiger partial charge on any atom is -0.385 e. The predicted molar refractivity (Wildman–Crippen MR) is 77.0 cm³/mol. The topological polar surface area (TPSA) is 38.0 Å². The molecular weight excluding hydrogens is 236 g/mol. The van der Waals surface area contributed by atoms with E-state index in [0.717, 1.165) is 25.2 Å². The van der Waals surface area contributed by atoms with Crippen LogP contribution in [0.1, 0.15) is 50.1 Å². The summed E-state index contributed by atoms with van der Waals surface area (Å²) < 4.78 is 2.05. The fraction of sp³-hybridized carbons (Fsp3) is 0.438. The molecule has 0 aliphatic carbocycles. The van der Waals surface area contributed by atoms with Crippen molar-refractivity contribution in [1.82, 2.24) is 9.55 Å². The number of rotatable bonds is 6. The van der Waals surface area contributed by atoms with E-state index in [4.69, 9.17) is 0 Å². The third kappa shape index (κ3) is 3.04. The molecule has 0 amide bonds. The summed E-state index contributed by atoms with van der Waals surface area (Å²) in [7, 11) is 0. The first-order chi connectivity index (χ1) is 9.27.